The van der Waals surface area contributed by atoms with Crippen molar-refractivity contribution in [1.29, 1.82) is 0 Å². The van der Waals surface area contributed by atoms with Gasteiger partial charge in [-0.3, -0.25) is 0 Å². The third-order valence-electron chi connectivity index (χ3n) is 1.32. The van der Waals surface area contributed by atoms with Crippen molar-refractivity contribution >= 4 is 0 Å². The second-order valence-electron chi connectivity index (χ2n) is 2.33. The summed E-state index contributed by atoms with van der Waals surface area (Å²) in [7, 11) is 0. The summed E-state index contributed by atoms with van der Waals surface area (Å²) in [5.41, 5.74) is 0. The van der Waals surface area contributed by atoms with Crippen molar-refractivity contribution in [3.8, 4) is 0 Å². The highest BCUT2D eigenvalue weighted by Gasteiger charge is 1.94. The lowest BCUT2D eigenvalue weighted by Gasteiger charge is -2.00. The van der Waals surface area contributed by atoms with Gasteiger partial charge in [0.2, 0.25) is 0 Å². The lowest BCUT2D eigenvalue weighted by atomic mass is 10.1. The van der Waals surface area contributed by atoms with Crippen LogP contribution >= 0.6 is 0 Å². The van der Waals surface area contributed by atoms with Gasteiger partial charge in [0, 0.05) is 0 Å². The Morgan fingerprint density at radius 3 is 2.22 bits per heavy atom. The van der Waals surface area contributed by atoms with Crippen molar-refractivity contribution < 1.29 is 10.2 Å². The van der Waals surface area contributed by atoms with Gasteiger partial charge in [-0.1, -0.05) is 26.2 Å². The van der Waals surface area contributed by atoms with Crippen LogP contribution in [-0.4, -0.2) is 16.5 Å². The van der Waals surface area contributed by atoms with E-state index >= 15 is 0 Å². The molecule has 2 heteroatoms. The maximum atomic E-state index is 8.41. The van der Waals surface area contributed by atoms with E-state index in [1.165, 1.54) is 12.8 Å². The Morgan fingerprint density at radius 1 is 1.11 bits per heavy atom. The van der Waals surface area contributed by atoms with Crippen LogP contribution in [0.25, 0.3) is 0 Å². The fourth-order valence-electron chi connectivity index (χ4n) is 0.754. The average Bonchev–Trinajstić information content (AvgIpc) is 1.80. The molecule has 0 aliphatic heterocycles. The number of hydrogen-bond donors (Lipinski definition) is 2. The van der Waals surface area contributed by atoms with Gasteiger partial charge in [0.05, 0.1) is 0 Å². The first-order valence-corrected chi connectivity index (χ1v) is 3.63. The highest BCUT2D eigenvalue weighted by Crippen LogP contribution is 2.03. The van der Waals surface area contributed by atoms with E-state index in [2.05, 4.69) is 6.92 Å². The van der Waals surface area contributed by atoms with Crippen LogP contribution in [0.1, 0.15) is 39.0 Å². The van der Waals surface area contributed by atoms with Crippen LogP contribution in [0, 0.1) is 0 Å². The molecule has 0 aromatic carbocycles. The average molecular weight is 132 g/mol. The second-order valence-corrected chi connectivity index (χ2v) is 2.33. The van der Waals surface area contributed by atoms with E-state index < -0.39 is 6.29 Å². The summed E-state index contributed by atoms with van der Waals surface area (Å²) in [5, 5.41) is 16.8. The summed E-state index contributed by atoms with van der Waals surface area (Å²) >= 11 is 0. The molecule has 0 aromatic rings. The molecule has 2 N–H and O–H groups in total. The first kappa shape index (κ1) is 8.92. The lowest BCUT2D eigenvalue weighted by Crippen LogP contribution is -2.02. The maximum absolute atomic E-state index is 8.41. The van der Waals surface area contributed by atoms with Crippen LogP contribution in [0.2, 0.25) is 0 Å². The van der Waals surface area contributed by atoms with E-state index in [0.29, 0.717) is 6.42 Å². The zero-order chi connectivity index (χ0) is 7.11. The van der Waals surface area contributed by atoms with Gasteiger partial charge < -0.3 is 10.2 Å². The third kappa shape index (κ3) is 7.92. The second kappa shape index (κ2) is 6.05. The Hall–Kier alpha value is -0.0800. The minimum Gasteiger partial charge on any atom is -0.368 e. The maximum Gasteiger partial charge on any atom is 0.151 e. The van der Waals surface area contributed by atoms with Crippen LogP contribution < -0.4 is 0 Å². The molecule has 0 unspecified atom stereocenters. The predicted octanol–water partition coefficient (Wildman–Crippen LogP) is 1.27. The number of unbranched alkanes of at least 4 members (excludes halogenated alkanes) is 3. The third-order valence-corrected chi connectivity index (χ3v) is 1.32. The molecule has 0 fully saturated rings. The molecule has 0 aromatic heterocycles. The van der Waals surface area contributed by atoms with Crippen molar-refractivity contribution in [2.24, 2.45) is 0 Å². The van der Waals surface area contributed by atoms with E-state index in [1.54, 1.807) is 0 Å². The molecule has 0 spiro atoms. The number of aliphatic hydroxyl groups excluding tert-OH is 1. The summed E-state index contributed by atoms with van der Waals surface area (Å²) < 4.78 is 0. The molecular formula is C7H16O2. The molecule has 0 atom stereocenters. The van der Waals surface area contributed by atoms with Crippen LogP contribution in [0.4, 0.5) is 0 Å². The molecule has 56 valence electrons. The highest BCUT2D eigenvalue weighted by atomic mass is 16.5. The summed E-state index contributed by atoms with van der Waals surface area (Å²) in [6.07, 6.45) is 3.88. The Morgan fingerprint density at radius 2 is 1.78 bits per heavy atom. The molecule has 9 heavy (non-hydrogen) atoms. The van der Waals surface area contributed by atoms with Crippen molar-refractivity contribution in [2.45, 2.75) is 45.3 Å². The van der Waals surface area contributed by atoms with E-state index in [9.17, 15) is 0 Å². The SMILES string of the molecule is CCCCCCC(O)O. The molecular weight excluding hydrogens is 116 g/mol. The zero-order valence-corrected chi connectivity index (χ0v) is 6.01. The van der Waals surface area contributed by atoms with Crippen LogP contribution in [-0.2, 0) is 0 Å². The van der Waals surface area contributed by atoms with Crippen molar-refractivity contribution in [1.82, 2.24) is 0 Å². The number of hydrogen-bond acceptors (Lipinski definition) is 2. The van der Waals surface area contributed by atoms with Gasteiger partial charge in [0.1, 0.15) is 0 Å². The van der Waals surface area contributed by atoms with Gasteiger partial charge in [0.15, 0.2) is 6.29 Å². The highest BCUT2D eigenvalue weighted by molar-refractivity contribution is 4.42. The monoisotopic (exact) mass is 132 g/mol. The van der Waals surface area contributed by atoms with Gasteiger partial charge in [-0.15, -0.1) is 0 Å². The van der Waals surface area contributed by atoms with E-state index in [1.807, 2.05) is 0 Å². The van der Waals surface area contributed by atoms with Crippen LogP contribution in [0.5, 0.6) is 0 Å². The van der Waals surface area contributed by atoms with Gasteiger partial charge in [0.25, 0.3) is 0 Å². The largest absolute Gasteiger partial charge is 0.368 e. The van der Waals surface area contributed by atoms with Gasteiger partial charge in [-0.25, -0.2) is 0 Å². The fourth-order valence-corrected chi connectivity index (χ4v) is 0.754. The first-order chi connectivity index (χ1) is 4.27. The van der Waals surface area contributed by atoms with Crippen LogP contribution in [0.15, 0.2) is 0 Å². The first-order valence-electron chi connectivity index (χ1n) is 3.63. The molecule has 0 saturated heterocycles. The molecule has 2 nitrogen and oxygen atoms in total. The normalized spacial score (nSPS) is 10.7. The standard InChI is InChI=1S/C7H16O2/c1-2-3-4-5-6-7(8)9/h7-9H,2-6H2,1H3. The minimum absolute atomic E-state index is 0.528. The van der Waals surface area contributed by atoms with Gasteiger partial charge in [-0.05, 0) is 12.8 Å². The number of aliphatic hydroxyl groups is 2. The quantitative estimate of drug-likeness (QED) is 0.437. The number of rotatable bonds is 5. The van der Waals surface area contributed by atoms with Crippen LogP contribution in [0.3, 0.4) is 0 Å². The molecule has 0 aliphatic carbocycles. The molecule has 0 heterocycles. The summed E-state index contributed by atoms with van der Waals surface area (Å²) in [6, 6.07) is 0. The topological polar surface area (TPSA) is 40.5 Å². The molecule has 0 saturated carbocycles. The Bertz CT molecular complexity index is 52.9. The van der Waals surface area contributed by atoms with Gasteiger partial charge in [-0.2, -0.15) is 0 Å². The molecule has 0 bridgehead atoms. The summed E-state index contributed by atoms with van der Waals surface area (Å²) in [6.45, 7) is 2.13. The molecule has 0 rings (SSSR count). The molecule has 0 aliphatic rings. The van der Waals surface area contributed by atoms with E-state index in [-0.39, 0.29) is 0 Å². The lowest BCUT2D eigenvalue weighted by molar-refractivity contribution is -0.0465. The Balaban J connectivity index is 2.75. The van der Waals surface area contributed by atoms with Crippen molar-refractivity contribution in [3.63, 3.8) is 0 Å². The van der Waals surface area contributed by atoms with Crippen molar-refractivity contribution in [3.05, 3.63) is 0 Å². The van der Waals surface area contributed by atoms with E-state index in [0.717, 1.165) is 12.8 Å². The van der Waals surface area contributed by atoms with Crippen molar-refractivity contribution in [2.75, 3.05) is 0 Å². The smallest absolute Gasteiger partial charge is 0.151 e. The predicted molar refractivity (Wildman–Crippen MR) is 37.0 cm³/mol. The zero-order valence-electron chi connectivity index (χ0n) is 6.01. The minimum atomic E-state index is -1.10. The Kier molecular flexibility index (Phi) is 5.99. The Labute approximate surface area is 56.5 Å². The van der Waals surface area contributed by atoms with E-state index in [4.69, 9.17) is 10.2 Å². The fraction of sp³-hybridized carbons (Fsp3) is 1.00. The molecule has 0 amide bonds. The van der Waals surface area contributed by atoms with Gasteiger partial charge >= 0.3 is 0 Å². The molecule has 0 radical (unpaired) electrons. The summed E-state index contributed by atoms with van der Waals surface area (Å²) in [4.78, 5) is 0. The summed E-state index contributed by atoms with van der Waals surface area (Å²) in [5.74, 6) is 0.